The third-order valence-corrected chi connectivity index (χ3v) is 15.8. The molecular formula is C70H68N2O2. The molecule has 12 aromatic rings. The second-order valence-corrected chi connectivity index (χ2v) is 25.1. The highest BCUT2D eigenvalue weighted by Crippen LogP contribution is 2.52. The van der Waals surface area contributed by atoms with Crippen LogP contribution in [0.4, 0.5) is 34.1 Å². The Morgan fingerprint density at radius 3 is 1.00 bits per heavy atom. The average molecular weight is 969 g/mol. The van der Waals surface area contributed by atoms with Crippen molar-refractivity contribution in [2.75, 3.05) is 9.80 Å². The van der Waals surface area contributed by atoms with Gasteiger partial charge in [0.25, 0.3) is 0 Å². The minimum absolute atomic E-state index is 0.00154. The van der Waals surface area contributed by atoms with Gasteiger partial charge < -0.3 is 18.6 Å². The van der Waals surface area contributed by atoms with E-state index < -0.39 is 0 Å². The number of hydrogen-bond acceptors (Lipinski definition) is 4. The molecule has 4 nitrogen and oxygen atoms in total. The molecular weight excluding hydrogens is 901 g/mol. The van der Waals surface area contributed by atoms with Crippen molar-refractivity contribution in [2.45, 2.75) is 119 Å². The van der Waals surface area contributed by atoms with Gasteiger partial charge in [0.2, 0.25) is 0 Å². The van der Waals surface area contributed by atoms with Crippen LogP contribution in [0.5, 0.6) is 0 Å². The molecule has 0 aliphatic carbocycles. The molecule has 2 aromatic heterocycles. The van der Waals surface area contributed by atoms with Crippen LogP contribution in [0.3, 0.4) is 0 Å². The van der Waals surface area contributed by atoms with Gasteiger partial charge in [0, 0.05) is 54.8 Å². The van der Waals surface area contributed by atoms with Crippen molar-refractivity contribution in [3.8, 4) is 0 Å². The van der Waals surface area contributed by atoms with Crippen LogP contribution in [-0.2, 0) is 21.7 Å². The standard InChI is InChI=1S/C70H68N2O2/c1-41-21-35-51-49-17-15-19-55(69(9,10)11)63(49)73-65(51)61(41)71(47-31-27-45(28-32-47)67(3,4)5)57-39-25-43-24-38-54-58(40-26-44-23-37-53(57)59(43)60(44)54)72(48-33-29-46(30-34-48)68(6,7)8)62-42(2)22-36-52-50-18-16-20-56(70(12,13)14)64(50)74-66(52)62/h15-40H,1-14H3. The van der Waals surface area contributed by atoms with Crippen molar-refractivity contribution in [3.63, 3.8) is 0 Å². The molecule has 0 amide bonds. The van der Waals surface area contributed by atoms with Gasteiger partial charge in [-0.2, -0.15) is 0 Å². The number of para-hydroxylation sites is 2. The molecule has 0 aliphatic rings. The van der Waals surface area contributed by atoms with Crippen LogP contribution >= 0.6 is 0 Å². The van der Waals surface area contributed by atoms with Crippen molar-refractivity contribution < 1.29 is 8.83 Å². The number of rotatable bonds is 6. The van der Waals surface area contributed by atoms with Crippen LogP contribution in [0, 0.1) is 13.8 Å². The summed E-state index contributed by atoms with van der Waals surface area (Å²) < 4.78 is 14.5. The first-order valence-corrected chi connectivity index (χ1v) is 26.5. The minimum atomic E-state index is -0.103. The monoisotopic (exact) mass is 969 g/mol. The van der Waals surface area contributed by atoms with Crippen LogP contribution < -0.4 is 9.80 Å². The predicted molar refractivity (Wildman–Crippen MR) is 318 cm³/mol. The van der Waals surface area contributed by atoms with Crippen molar-refractivity contribution in [2.24, 2.45) is 0 Å². The number of furan rings is 2. The van der Waals surface area contributed by atoms with E-state index in [1.807, 2.05) is 0 Å². The van der Waals surface area contributed by atoms with Gasteiger partial charge >= 0.3 is 0 Å². The molecule has 74 heavy (non-hydrogen) atoms. The highest BCUT2D eigenvalue weighted by atomic mass is 16.3. The maximum Gasteiger partial charge on any atom is 0.159 e. The summed E-state index contributed by atoms with van der Waals surface area (Å²) in [6, 6.07) is 59.3. The minimum Gasteiger partial charge on any atom is -0.454 e. The highest BCUT2D eigenvalue weighted by molar-refractivity contribution is 6.29. The number of nitrogens with zero attached hydrogens (tertiary/aromatic N) is 2. The molecule has 10 aromatic carbocycles. The lowest BCUT2D eigenvalue weighted by Gasteiger charge is -2.31. The molecule has 2 heterocycles. The molecule has 12 rings (SSSR count). The second kappa shape index (κ2) is 16.5. The summed E-state index contributed by atoms with van der Waals surface area (Å²) in [6.07, 6.45) is 0. The third-order valence-electron chi connectivity index (χ3n) is 15.8. The maximum atomic E-state index is 7.23. The van der Waals surface area contributed by atoms with E-state index in [9.17, 15) is 0 Å². The molecule has 370 valence electrons. The Morgan fingerprint density at radius 2 is 0.649 bits per heavy atom. The van der Waals surface area contributed by atoms with E-state index in [1.165, 1.54) is 54.6 Å². The Balaban J connectivity index is 1.14. The SMILES string of the molecule is Cc1ccc2c(oc3c(C(C)(C)C)cccc32)c1N(c1ccc(C(C)(C)C)cc1)c1ccc2ccc3c(N(c4ccc(C(C)(C)C)cc4)c4c(C)ccc5c4oc4c(C(C)(C)C)cccc45)ccc4ccc1c2c43. The van der Waals surface area contributed by atoms with Gasteiger partial charge in [-0.1, -0.05) is 204 Å². The average Bonchev–Trinajstić information content (AvgIpc) is 3.93. The summed E-state index contributed by atoms with van der Waals surface area (Å²) in [5.74, 6) is 0. The van der Waals surface area contributed by atoms with Gasteiger partial charge in [0.05, 0.1) is 22.7 Å². The molecule has 0 N–H and O–H groups in total. The van der Waals surface area contributed by atoms with E-state index >= 15 is 0 Å². The van der Waals surface area contributed by atoms with Crippen LogP contribution in [0.15, 0.2) is 167 Å². The Labute approximate surface area is 436 Å². The summed E-state index contributed by atoms with van der Waals surface area (Å²) in [6.45, 7) is 31.8. The molecule has 0 fully saturated rings. The van der Waals surface area contributed by atoms with Gasteiger partial charge in [0.1, 0.15) is 11.2 Å². The summed E-state index contributed by atoms with van der Waals surface area (Å²) in [7, 11) is 0. The molecule has 4 heteroatoms. The molecule has 0 saturated heterocycles. The number of aryl methyl sites for hydroxylation is 2. The number of benzene rings is 10. The Morgan fingerprint density at radius 1 is 0.311 bits per heavy atom. The maximum absolute atomic E-state index is 7.23. The molecule has 0 bridgehead atoms. The molecule has 0 spiro atoms. The van der Waals surface area contributed by atoms with Gasteiger partial charge in [-0.25, -0.2) is 0 Å². The van der Waals surface area contributed by atoms with Crippen molar-refractivity contribution in [3.05, 3.63) is 191 Å². The van der Waals surface area contributed by atoms with E-state index in [2.05, 4.69) is 264 Å². The fourth-order valence-electron chi connectivity index (χ4n) is 11.8. The summed E-state index contributed by atoms with van der Waals surface area (Å²) in [5.41, 5.74) is 17.2. The van der Waals surface area contributed by atoms with Crippen molar-refractivity contribution >= 4 is 110 Å². The summed E-state index contributed by atoms with van der Waals surface area (Å²) in [4.78, 5) is 4.94. The van der Waals surface area contributed by atoms with Crippen LogP contribution in [0.25, 0.3) is 76.2 Å². The fraction of sp³-hybridized carbons (Fsp3) is 0.257. The first kappa shape index (κ1) is 47.4. The zero-order valence-corrected chi connectivity index (χ0v) is 45.7. The third kappa shape index (κ3) is 7.46. The van der Waals surface area contributed by atoms with Gasteiger partial charge in [0.15, 0.2) is 11.2 Å². The second-order valence-electron chi connectivity index (χ2n) is 25.1. The quantitative estimate of drug-likeness (QED) is 0.155. The molecule has 0 atom stereocenters. The van der Waals surface area contributed by atoms with E-state index in [0.29, 0.717) is 0 Å². The van der Waals surface area contributed by atoms with Crippen molar-refractivity contribution in [1.29, 1.82) is 0 Å². The lowest BCUT2D eigenvalue weighted by atomic mass is 9.86. The zero-order valence-electron chi connectivity index (χ0n) is 45.7. The van der Waals surface area contributed by atoms with E-state index in [0.717, 1.165) is 89.1 Å². The van der Waals surface area contributed by atoms with Crippen molar-refractivity contribution in [1.82, 2.24) is 0 Å². The van der Waals surface area contributed by atoms with Gasteiger partial charge in [-0.15, -0.1) is 0 Å². The zero-order chi connectivity index (χ0) is 52.0. The predicted octanol–water partition coefficient (Wildman–Crippen LogP) is 21.1. The topological polar surface area (TPSA) is 32.8 Å². The Bertz CT molecular complexity index is 3900. The normalized spacial score (nSPS) is 13.0. The van der Waals surface area contributed by atoms with Crippen LogP contribution in [0.2, 0.25) is 0 Å². The number of fused-ring (bicyclic) bond motifs is 6. The van der Waals surface area contributed by atoms with Gasteiger partial charge in [-0.05, 0) is 116 Å². The molecule has 0 aliphatic heterocycles. The highest BCUT2D eigenvalue weighted by Gasteiger charge is 2.30. The first-order chi connectivity index (χ1) is 35.1. The number of anilines is 6. The van der Waals surface area contributed by atoms with E-state index in [4.69, 9.17) is 8.83 Å². The Hall–Kier alpha value is -7.56. The molecule has 0 radical (unpaired) electrons. The van der Waals surface area contributed by atoms with E-state index in [-0.39, 0.29) is 21.7 Å². The summed E-state index contributed by atoms with van der Waals surface area (Å²) in [5, 5.41) is 11.7. The smallest absolute Gasteiger partial charge is 0.159 e. The van der Waals surface area contributed by atoms with Crippen LogP contribution in [0.1, 0.15) is 116 Å². The largest absolute Gasteiger partial charge is 0.454 e. The lowest BCUT2D eigenvalue weighted by Crippen LogP contribution is -2.15. The molecule has 0 saturated carbocycles. The van der Waals surface area contributed by atoms with Crippen LogP contribution in [-0.4, -0.2) is 0 Å². The Kier molecular flexibility index (Phi) is 10.6. The van der Waals surface area contributed by atoms with E-state index in [1.54, 1.807) is 0 Å². The number of hydrogen-bond donors (Lipinski definition) is 0. The van der Waals surface area contributed by atoms with Gasteiger partial charge in [-0.3, -0.25) is 0 Å². The fourth-order valence-corrected chi connectivity index (χ4v) is 11.8. The summed E-state index contributed by atoms with van der Waals surface area (Å²) >= 11 is 0. The first-order valence-electron chi connectivity index (χ1n) is 26.5. The lowest BCUT2D eigenvalue weighted by molar-refractivity contribution is 0.572. The molecule has 0 unspecified atom stereocenters.